The third-order valence-electron chi connectivity index (χ3n) is 2.44. The number of nitrogens with zero attached hydrogens (tertiary/aromatic N) is 3. The van der Waals surface area contributed by atoms with Crippen LogP contribution in [0.5, 0.6) is 0 Å². The summed E-state index contributed by atoms with van der Waals surface area (Å²) in [6, 6.07) is 5.51. The van der Waals surface area contributed by atoms with Crippen molar-refractivity contribution >= 4 is 5.91 Å². The molecule has 2 heterocycles. The van der Waals surface area contributed by atoms with Crippen molar-refractivity contribution in [1.29, 1.82) is 0 Å². The van der Waals surface area contributed by atoms with Crippen LogP contribution < -0.4 is 5.32 Å². The molecule has 1 N–H and O–H groups in total. The molecule has 0 fully saturated rings. The lowest BCUT2D eigenvalue weighted by Gasteiger charge is -2.04. The third-order valence-corrected chi connectivity index (χ3v) is 2.44. The average Bonchev–Trinajstić information content (AvgIpc) is 2.67. The van der Waals surface area contributed by atoms with E-state index >= 15 is 0 Å². The van der Waals surface area contributed by atoms with E-state index in [0.29, 0.717) is 12.2 Å². The SMILES string of the molecule is Cc1cc(C(=O)NCc2ccncc2)n(C)n1. The molecule has 0 aliphatic heterocycles. The Morgan fingerprint density at radius 1 is 1.41 bits per heavy atom. The first-order chi connectivity index (χ1) is 8.16. The summed E-state index contributed by atoms with van der Waals surface area (Å²) in [7, 11) is 1.76. The maximum absolute atomic E-state index is 11.9. The van der Waals surface area contributed by atoms with E-state index in [1.807, 2.05) is 19.1 Å². The fourth-order valence-electron chi connectivity index (χ4n) is 1.60. The standard InChI is InChI=1S/C12H14N4O/c1-9-7-11(16(2)15-9)12(17)14-8-10-3-5-13-6-4-10/h3-7H,8H2,1-2H3,(H,14,17). The Labute approximate surface area is 99.5 Å². The fourth-order valence-corrected chi connectivity index (χ4v) is 1.60. The molecule has 2 rings (SSSR count). The van der Waals surface area contributed by atoms with Crippen molar-refractivity contribution in [3.8, 4) is 0 Å². The van der Waals surface area contributed by atoms with Crippen LogP contribution in [0, 0.1) is 6.92 Å². The van der Waals surface area contributed by atoms with E-state index in [-0.39, 0.29) is 5.91 Å². The number of rotatable bonds is 3. The zero-order valence-electron chi connectivity index (χ0n) is 9.84. The first kappa shape index (κ1) is 11.3. The first-order valence-electron chi connectivity index (χ1n) is 5.34. The highest BCUT2D eigenvalue weighted by molar-refractivity contribution is 5.92. The van der Waals surface area contributed by atoms with Crippen molar-refractivity contribution < 1.29 is 4.79 Å². The van der Waals surface area contributed by atoms with Gasteiger partial charge >= 0.3 is 0 Å². The zero-order chi connectivity index (χ0) is 12.3. The van der Waals surface area contributed by atoms with E-state index in [4.69, 9.17) is 0 Å². The number of pyridine rings is 1. The van der Waals surface area contributed by atoms with Gasteiger partial charge in [0.15, 0.2) is 0 Å². The van der Waals surface area contributed by atoms with Gasteiger partial charge in [-0.2, -0.15) is 5.10 Å². The van der Waals surface area contributed by atoms with Gasteiger partial charge in [-0.3, -0.25) is 14.5 Å². The van der Waals surface area contributed by atoms with E-state index in [1.165, 1.54) is 0 Å². The highest BCUT2D eigenvalue weighted by Gasteiger charge is 2.10. The maximum Gasteiger partial charge on any atom is 0.269 e. The summed E-state index contributed by atoms with van der Waals surface area (Å²) >= 11 is 0. The molecule has 0 radical (unpaired) electrons. The third kappa shape index (κ3) is 2.69. The van der Waals surface area contributed by atoms with Gasteiger partial charge in [-0.05, 0) is 30.7 Å². The molecule has 0 spiro atoms. The second-order valence-electron chi connectivity index (χ2n) is 3.83. The maximum atomic E-state index is 11.9. The number of aryl methyl sites for hydroxylation is 2. The van der Waals surface area contributed by atoms with Crippen molar-refractivity contribution in [3.05, 3.63) is 47.5 Å². The van der Waals surface area contributed by atoms with E-state index in [2.05, 4.69) is 15.4 Å². The molecule has 5 nitrogen and oxygen atoms in total. The van der Waals surface area contributed by atoms with E-state index in [0.717, 1.165) is 11.3 Å². The molecule has 2 aromatic heterocycles. The van der Waals surface area contributed by atoms with Gasteiger partial charge in [-0.25, -0.2) is 0 Å². The first-order valence-corrected chi connectivity index (χ1v) is 5.34. The van der Waals surface area contributed by atoms with Gasteiger partial charge < -0.3 is 5.32 Å². The second kappa shape index (κ2) is 4.78. The minimum atomic E-state index is -0.120. The van der Waals surface area contributed by atoms with Crippen LogP contribution in [0.15, 0.2) is 30.6 Å². The molecule has 0 atom stereocenters. The minimum absolute atomic E-state index is 0.120. The summed E-state index contributed by atoms with van der Waals surface area (Å²) in [4.78, 5) is 15.8. The Bertz CT molecular complexity index is 519. The Kier molecular flexibility index (Phi) is 3.18. The molecular weight excluding hydrogens is 216 g/mol. The van der Waals surface area contributed by atoms with E-state index < -0.39 is 0 Å². The number of hydrogen-bond donors (Lipinski definition) is 1. The molecule has 0 bridgehead atoms. The van der Waals surface area contributed by atoms with Crippen molar-refractivity contribution in [2.75, 3.05) is 0 Å². The normalized spacial score (nSPS) is 10.2. The zero-order valence-corrected chi connectivity index (χ0v) is 9.84. The number of carbonyl (C=O) groups is 1. The highest BCUT2D eigenvalue weighted by atomic mass is 16.2. The minimum Gasteiger partial charge on any atom is -0.347 e. The Morgan fingerprint density at radius 2 is 2.12 bits per heavy atom. The summed E-state index contributed by atoms with van der Waals surface area (Å²) in [5.74, 6) is -0.120. The summed E-state index contributed by atoms with van der Waals surface area (Å²) < 4.78 is 1.58. The molecule has 0 aliphatic rings. The largest absolute Gasteiger partial charge is 0.347 e. The Hall–Kier alpha value is -2.17. The van der Waals surface area contributed by atoms with Crippen LogP contribution in [0.1, 0.15) is 21.7 Å². The fraction of sp³-hybridized carbons (Fsp3) is 0.250. The predicted octanol–water partition coefficient (Wildman–Crippen LogP) is 1.05. The smallest absolute Gasteiger partial charge is 0.269 e. The lowest BCUT2D eigenvalue weighted by atomic mass is 10.2. The number of nitrogens with one attached hydrogen (secondary N) is 1. The topological polar surface area (TPSA) is 59.8 Å². The van der Waals surface area contributed by atoms with Gasteiger partial charge in [0.2, 0.25) is 0 Å². The summed E-state index contributed by atoms with van der Waals surface area (Å²) in [5, 5.41) is 6.97. The second-order valence-corrected chi connectivity index (χ2v) is 3.83. The monoisotopic (exact) mass is 230 g/mol. The molecule has 5 heteroatoms. The van der Waals surface area contributed by atoms with Crippen molar-refractivity contribution in [3.63, 3.8) is 0 Å². The van der Waals surface area contributed by atoms with E-state index in [1.54, 1.807) is 30.2 Å². The van der Waals surface area contributed by atoms with Crippen LogP contribution >= 0.6 is 0 Å². The molecule has 2 aromatic rings. The summed E-state index contributed by atoms with van der Waals surface area (Å²) in [6.07, 6.45) is 3.41. The molecule has 88 valence electrons. The molecular formula is C12H14N4O. The van der Waals surface area contributed by atoms with Gasteiger partial charge in [0.05, 0.1) is 5.69 Å². The lowest BCUT2D eigenvalue weighted by molar-refractivity contribution is 0.0941. The molecule has 0 saturated carbocycles. The Morgan fingerprint density at radius 3 is 2.71 bits per heavy atom. The van der Waals surface area contributed by atoms with Crippen molar-refractivity contribution in [1.82, 2.24) is 20.1 Å². The number of aromatic nitrogens is 3. The molecule has 0 saturated heterocycles. The van der Waals surface area contributed by atoms with Crippen LogP contribution in [-0.2, 0) is 13.6 Å². The van der Waals surface area contributed by atoms with Gasteiger partial charge in [-0.15, -0.1) is 0 Å². The van der Waals surface area contributed by atoms with Gasteiger partial charge in [0.25, 0.3) is 5.91 Å². The quantitative estimate of drug-likeness (QED) is 0.857. The Balaban J connectivity index is 2.01. The predicted molar refractivity (Wildman–Crippen MR) is 63.4 cm³/mol. The van der Waals surface area contributed by atoms with Crippen LogP contribution in [0.2, 0.25) is 0 Å². The molecule has 0 aliphatic carbocycles. The summed E-state index contributed by atoms with van der Waals surface area (Å²) in [5.41, 5.74) is 2.42. The van der Waals surface area contributed by atoms with Crippen molar-refractivity contribution in [2.45, 2.75) is 13.5 Å². The number of carbonyl (C=O) groups excluding carboxylic acids is 1. The van der Waals surface area contributed by atoms with Gasteiger partial charge in [-0.1, -0.05) is 0 Å². The van der Waals surface area contributed by atoms with Crippen LogP contribution in [0.25, 0.3) is 0 Å². The average molecular weight is 230 g/mol. The number of hydrogen-bond acceptors (Lipinski definition) is 3. The lowest BCUT2D eigenvalue weighted by Crippen LogP contribution is -2.25. The summed E-state index contributed by atoms with van der Waals surface area (Å²) in [6.45, 7) is 2.35. The highest BCUT2D eigenvalue weighted by Crippen LogP contribution is 2.02. The molecule has 0 aromatic carbocycles. The van der Waals surface area contributed by atoms with Crippen LogP contribution in [0.4, 0.5) is 0 Å². The number of amides is 1. The van der Waals surface area contributed by atoms with Gasteiger partial charge in [0.1, 0.15) is 5.69 Å². The van der Waals surface area contributed by atoms with Crippen LogP contribution in [-0.4, -0.2) is 20.7 Å². The van der Waals surface area contributed by atoms with Crippen LogP contribution in [0.3, 0.4) is 0 Å². The molecule has 17 heavy (non-hydrogen) atoms. The molecule has 0 unspecified atom stereocenters. The van der Waals surface area contributed by atoms with Gasteiger partial charge in [0, 0.05) is 26.0 Å². The molecule has 1 amide bonds. The van der Waals surface area contributed by atoms with Crippen molar-refractivity contribution in [2.24, 2.45) is 7.05 Å². The van der Waals surface area contributed by atoms with E-state index in [9.17, 15) is 4.79 Å².